The molecule has 3 rings (SSSR count). The minimum Gasteiger partial charge on any atom is -0.490 e. The summed E-state index contributed by atoms with van der Waals surface area (Å²) >= 11 is 4.81. The molecule has 110 valence electrons. The first-order valence-electron chi connectivity index (χ1n) is 6.37. The summed E-state index contributed by atoms with van der Waals surface area (Å²) in [6.45, 7) is 0. The summed E-state index contributed by atoms with van der Waals surface area (Å²) in [5, 5.41) is 0. The zero-order chi connectivity index (χ0) is 15.0. The van der Waals surface area contributed by atoms with Gasteiger partial charge in [-0.25, -0.2) is 4.98 Å². The third-order valence-electron chi connectivity index (χ3n) is 2.98. The fourth-order valence-electron chi connectivity index (χ4n) is 1.86. The third kappa shape index (κ3) is 3.41. The van der Waals surface area contributed by atoms with E-state index in [1.807, 2.05) is 0 Å². The van der Waals surface area contributed by atoms with E-state index in [1.165, 1.54) is 6.07 Å². The Balaban J connectivity index is 1.99. The number of nitrogens with one attached hydrogen (secondary N) is 1. The van der Waals surface area contributed by atoms with Gasteiger partial charge in [-0.15, -0.1) is 0 Å². The Morgan fingerprint density at radius 3 is 2.67 bits per heavy atom. The summed E-state index contributed by atoms with van der Waals surface area (Å²) in [5.41, 5.74) is 0.843. The van der Waals surface area contributed by atoms with Crippen LogP contribution in [0.4, 0.5) is 13.2 Å². The van der Waals surface area contributed by atoms with Crippen LogP contribution in [-0.4, -0.2) is 16.1 Å². The van der Waals surface area contributed by atoms with Gasteiger partial charge in [0.25, 0.3) is 0 Å². The van der Waals surface area contributed by atoms with Gasteiger partial charge in [-0.05, 0) is 31.0 Å². The molecule has 1 saturated carbocycles. The molecule has 0 atom stereocenters. The Kier molecular flexibility index (Phi) is 3.44. The van der Waals surface area contributed by atoms with E-state index >= 15 is 0 Å². The van der Waals surface area contributed by atoms with Crippen LogP contribution in [0.2, 0.25) is 0 Å². The molecular formula is C14H11F3N2OS. The van der Waals surface area contributed by atoms with Gasteiger partial charge in [0.2, 0.25) is 5.82 Å². The Bertz CT molecular complexity index is 723. The van der Waals surface area contributed by atoms with Crippen LogP contribution in [0.25, 0.3) is 11.3 Å². The van der Waals surface area contributed by atoms with Gasteiger partial charge in [0.05, 0.1) is 11.8 Å². The van der Waals surface area contributed by atoms with Crippen LogP contribution in [0.1, 0.15) is 18.7 Å². The van der Waals surface area contributed by atoms with Crippen molar-refractivity contribution in [3.05, 3.63) is 40.8 Å². The van der Waals surface area contributed by atoms with E-state index in [9.17, 15) is 13.2 Å². The second-order valence-corrected chi connectivity index (χ2v) is 5.24. The van der Waals surface area contributed by atoms with Crippen LogP contribution < -0.4 is 4.74 Å². The first-order valence-corrected chi connectivity index (χ1v) is 6.78. The number of aromatic amines is 1. The summed E-state index contributed by atoms with van der Waals surface area (Å²) in [4.78, 5) is 5.59. The molecule has 2 aromatic rings. The summed E-state index contributed by atoms with van der Waals surface area (Å²) < 4.78 is 43.8. The minimum atomic E-state index is -4.56. The third-order valence-corrected chi connectivity index (χ3v) is 3.19. The molecule has 3 nitrogen and oxygen atoms in total. The molecule has 0 bridgehead atoms. The molecule has 1 aromatic carbocycles. The number of ether oxygens (including phenoxy) is 1. The van der Waals surface area contributed by atoms with E-state index < -0.39 is 12.0 Å². The molecule has 1 heterocycles. The summed E-state index contributed by atoms with van der Waals surface area (Å²) in [5.74, 6) is -0.460. The van der Waals surface area contributed by atoms with Crippen molar-refractivity contribution in [2.24, 2.45) is 0 Å². The number of rotatable bonds is 3. The van der Waals surface area contributed by atoms with E-state index in [0.717, 1.165) is 12.8 Å². The van der Waals surface area contributed by atoms with Gasteiger partial charge in [0, 0.05) is 5.56 Å². The molecule has 0 saturated heterocycles. The zero-order valence-corrected chi connectivity index (χ0v) is 11.6. The Morgan fingerprint density at radius 2 is 2.00 bits per heavy atom. The second kappa shape index (κ2) is 5.14. The standard InChI is InChI=1S/C14H11F3N2OS/c15-14(16,17)13-18-11(7-12(21)19-13)8-2-1-3-10(6-8)20-9-4-5-9/h1-3,6-7,9H,4-5H2,(H,18,19,21). The van der Waals surface area contributed by atoms with Gasteiger partial charge in [0.1, 0.15) is 10.4 Å². The number of benzene rings is 1. The monoisotopic (exact) mass is 312 g/mol. The van der Waals surface area contributed by atoms with E-state index in [2.05, 4.69) is 9.97 Å². The van der Waals surface area contributed by atoms with Crippen LogP contribution in [-0.2, 0) is 6.18 Å². The fourth-order valence-corrected chi connectivity index (χ4v) is 2.07. The highest BCUT2D eigenvalue weighted by Gasteiger charge is 2.34. The molecule has 0 spiro atoms. The predicted molar refractivity (Wildman–Crippen MR) is 73.5 cm³/mol. The lowest BCUT2D eigenvalue weighted by Gasteiger charge is -2.10. The molecule has 7 heteroatoms. The highest BCUT2D eigenvalue weighted by molar-refractivity contribution is 7.71. The van der Waals surface area contributed by atoms with Crippen molar-refractivity contribution >= 4 is 12.2 Å². The molecule has 0 unspecified atom stereocenters. The van der Waals surface area contributed by atoms with Gasteiger partial charge in [-0.3, -0.25) is 0 Å². The van der Waals surface area contributed by atoms with Crippen molar-refractivity contribution in [1.82, 2.24) is 9.97 Å². The zero-order valence-electron chi connectivity index (χ0n) is 10.8. The minimum absolute atomic E-state index is 0.107. The lowest BCUT2D eigenvalue weighted by atomic mass is 10.1. The lowest BCUT2D eigenvalue weighted by Crippen LogP contribution is -2.11. The molecule has 1 aliphatic carbocycles. The second-order valence-electron chi connectivity index (χ2n) is 4.82. The first kappa shape index (κ1) is 14.1. The Hall–Kier alpha value is -1.89. The average Bonchev–Trinajstić information content (AvgIpc) is 3.21. The molecule has 1 aliphatic rings. The molecule has 0 radical (unpaired) electrons. The molecule has 1 N–H and O–H groups in total. The van der Waals surface area contributed by atoms with Gasteiger partial charge < -0.3 is 9.72 Å². The molecule has 0 aliphatic heterocycles. The van der Waals surface area contributed by atoms with Crippen molar-refractivity contribution in [3.63, 3.8) is 0 Å². The highest BCUT2D eigenvalue weighted by Crippen LogP contribution is 2.31. The maximum atomic E-state index is 12.8. The highest BCUT2D eigenvalue weighted by atomic mass is 32.1. The molecule has 21 heavy (non-hydrogen) atoms. The first-order chi connectivity index (χ1) is 9.91. The van der Waals surface area contributed by atoms with E-state index in [0.29, 0.717) is 11.3 Å². The topological polar surface area (TPSA) is 37.9 Å². The average molecular weight is 312 g/mol. The number of aromatic nitrogens is 2. The van der Waals surface area contributed by atoms with E-state index in [4.69, 9.17) is 17.0 Å². The normalized spacial score (nSPS) is 15.0. The summed E-state index contributed by atoms with van der Waals surface area (Å²) in [6, 6.07) is 8.31. The van der Waals surface area contributed by atoms with Crippen LogP contribution in [0, 0.1) is 4.64 Å². The van der Waals surface area contributed by atoms with Crippen LogP contribution in [0.15, 0.2) is 30.3 Å². The van der Waals surface area contributed by atoms with Crippen molar-refractivity contribution in [1.29, 1.82) is 0 Å². The maximum Gasteiger partial charge on any atom is 0.449 e. The van der Waals surface area contributed by atoms with E-state index in [1.54, 1.807) is 24.3 Å². The largest absolute Gasteiger partial charge is 0.490 e. The molecule has 1 aromatic heterocycles. The Morgan fingerprint density at radius 1 is 1.24 bits per heavy atom. The predicted octanol–water partition coefficient (Wildman–Crippen LogP) is 4.37. The Labute approximate surface area is 123 Å². The van der Waals surface area contributed by atoms with Crippen molar-refractivity contribution < 1.29 is 17.9 Å². The van der Waals surface area contributed by atoms with Crippen LogP contribution in [0.3, 0.4) is 0 Å². The fraction of sp³-hybridized carbons (Fsp3) is 0.286. The van der Waals surface area contributed by atoms with Gasteiger partial charge >= 0.3 is 6.18 Å². The van der Waals surface area contributed by atoms with Crippen molar-refractivity contribution in [2.45, 2.75) is 25.1 Å². The lowest BCUT2D eigenvalue weighted by molar-refractivity contribution is -0.144. The smallest absolute Gasteiger partial charge is 0.449 e. The van der Waals surface area contributed by atoms with Gasteiger partial charge in [-0.1, -0.05) is 24.4 Å². The maximum absolute atomic E-state index is 12.8. The quantitative estimate of drug-likeness (QED) is 0.855. The molecular weight excluding hydrogens is 301 g/mol. The number of halogens is 3. The number of nitrogens with zero attached hydrogens (tertiary/aromatic N) is 1. The number of hydrogen-bond donors (Lipinski definition) is 1. The van der Waals surface area contributed by atoms with E-state index in [-0.39, 0.29) is 16.4 Å². The SMILES string of the molecule is FC(F)(F)c1nc(=S)cc(-c2cccc(OC3CC3)c2)[nH]1. The number of H-pyrrole nitrogens is 1. The van der Waals surface area contributed by atoms with Crippen LogP contribution in [0.5, 0.6) is 5.75 Å². The number of alkyl halides is 3. The molecule has 1 fully saturated rings. The molecule has 0 amide bonds. The van der Waals surface area contributed by atoms with Crippen LogP contribution >= 0.6 is 12.2 Å². The number of hydrogen-bond acceptors (Lipinski definition) is 3. The summed E-state index contributed by atoms with van der Waals surface area (Å²) in [6.07, 6.45) is -2.31. The summed E-state index contributed by atoms with van der Waals surface area (Å²) in [7, 11) is 0. The van der Waals surface area contributed by atoms with Crippen molar-refractivity contribution in [2.75, 3.05) is 0 Å². The van der Waals surface area contributed by atoms with Crippen molar-refractivity contribution in [3.8, 4) is 17.0 Å². The van der Waals surface area contributed by atoms with Gasteiger partial charge in [-0.2, -0.15) is 13.2 Å². The van der Waals surface area contributed by atoms with Gasteiger partial charge in [0.15, 0.2) is 0 Å².